The van der Waals surface area contributed by atoms with Crippen molar-refractivity contribution in [3.05, 3.63) is 24.4 Å². The third kappa shape index (κ3) is 3.61. The summed E-state index contributed by atoms with van der Waals surface area (Å²) in [7, 11) is 0. The molecule has 1 N–H and O–H groups in total. The van der Waals surface area contributed by atoms with Gasteiger partial charge < -0.3 is 19.4 Å². The number of carbonyl (C=O) groups excluding carboxylic acids is 1. The molecule has 1 aromatic heterocycles. The van der Waals surface area contributed by atoms with Crippen LogP contribution in [-0.2, 0) is 11.3 Å². The molecule has 1 aliphatic carbocycles. The fourth-order valence-electron chi connectivity index (χ4n) is 2.84. The van der Waals surface area contributed by atoms with Crippen molar-refractivity contribution in [3.8, 4) is 22.8 Å². The lowest BCUT2D eigenvalue weighted by Gasteiger charge is -2.19. The smallest absolute Gasteiger partial charge is 0.230 e. The summed E-state index contributed by atoms with van der Waals surface area (Å²) in [6, 6.07) is 6.34. The van der Waals surface area contributed by atoms with Crippen LogP contribution in [0.1, 0.15) is 19.8 Å². The molecule has 1 aliphatic heterocycles. The number of hydrogen-bond donors (Lipinski definition) is 1. The summed E-state index contributed by atoms with van der Waals surface area (Å²) in [6.07, 6.45) is 4.07. The number of thioether (sulfide) groups is 1. The van der Waals surface area contributed by atoms with Gasteiger partial charge in [-0.3, -0.25) is 4.79 Å². The summed E-state index contributed by atoms with van der Waals surface area (Å²) in [5.41, 5.74) is 2.05. The number of benzene rings is 1. The Morgan fingerprint density at radius 3 is 2.88 bits per heavy atom. The number of hydrogen-bond acceptors (Lipinski definition) is 5. The molecule has 6 nitrogen and oxygen atoms in total. The van der Waals surface area contributed by atoms with Crippen LogP contribution >= 0.6 is 11.8 Å². The minimum atomic E-state index is 0.0824. The van der Waals surface area contributed by atoms with Crippen molar-refractivity contribution in [2.75, 3.05) is 19.0 Å². The molecule has 0 unspecified atom stereocenters. The van der Waals surface area contributed by atoms with Crippen molar-refractivity contribution in [1.82, 2.24) is 14.9 Å². The first-order valence-corrected chi connectivity index (χ1v) is 9.61. The predicted octanol–water partition coefficient (Wildman–Crippen LogP) is 2.71. The zero-order chi connectivity index (χ0) is 17.2. The number of ether oxygens (including phenoxy) is 2. The maximum atomic E-state index is 11.9. The van der Waals surface area contributed by atoms with E-state index in [1.54, 1.807) is 0 Å². The summed E-state index contributed by atoms with van der Waals surface area (Å²) in [5.74, 6) is 2.03. The largest absolute Gasteiger partial charge is 0.486 e. The quantitative estimate of drug-likeness (QED) is 0.804. The number of carbonyl (C=O) groups is 1. The van der Waals surface area contributed by atoms with E-state index in [1.165, 1.54) is 11.8 Å². The molecule has 7 heteroatoms. The van der Waals surface area contributed by atoms with Crippen LogP contribution in [-0.4, -0.2) is 40.5 Å². The van der Waals surface area contributed by atoms with Crippen molar-refractivity contribution in [3.63, 3.8) is 0 Å². The minimum Gasteiger partial charge on any atom is -0.486 e. The molecule has 2 heterocycles. The molecule has 1 aromatic carbocycles. The molecule has 2 aliphatic rings. The molecule has 0 atom stereocenters. The second-order valence-electron chi connectivity index (χ2n) is 6.16. The van der Waals surface area contributed by atoms with Crippen LogP contribution in [0.15, 0.2) is 29.6 Å². The molecule has 1 saturated carbocycles. The molecule has 2 aromatic rings. The SMILES string of the molecule is CCn1c(-c2ccc3c(c2)OCCO3)cnc1SCC(=O)NC1CC1. The Morgan fingerprint density at radius 2 is 2.12 bits per heavy atom. The van der Waals surface area contributed by atoms with E-state index in [0.29, 0.717) is 25.0 Å². The van der Waals surface area contributed by atoms with Crippen LogP contribution in [0.25, 0.3) is 11.3 Å². The summed E-state index contributed by atoms with van der Waals surface area (Å²) >= 11 is 1.48. The van der Waals surface area contributed by atoms with Crippen molar-refractivity contribution < 1.29 is 14.3 Å². The van der Waals surface area contributed by atoms with E-state index in [0.717, 1.165) is 47.3 Å². The van der Waals surface area contributed by atoms with E-state index in [-0.39, 0.29) is 5.91 Å². The predicted molar refractivity (Wildman–Crippen MR) is 96.2 cm³/mol. The first-order chi connectivity index (χ1) is 12.2. The maximum absolute atomic E-state index is 11.9. The fraction of sp³-hybridized carbons (Fsp3) is 0.444. The van der Waals surface area contributed by atoms with Crippen LogP contribution in [0, 0.1) is 0 Å². The summed E-state index contributed by atoms with van der Waals surface area (Å²) in [5, 5.41) is 3.87. The van der Waals surface area contributed by atoms with Gasteiger partial charge in [-0.1, -0.05) is 11.8 Å². The van der Waals surface area contributed by atoms with Crippen LogP contribution in [0.3, 0.4) is 0 Å². The zero-order valence-corrected chi connectivity index (χ0v) is 15.0. The highest BCUT2D eigenvalue weighted by molar-refractivity contribution is 7.99. The number of nitrogens with one attached hydrogen (secondary N) is 1. The molecule has 1 fully saturated rings. The van der Waals surface area contributed by atoms with Gasteiger partial charge in [0.15, 0.2) is 16.7 Å². The highest BCUT2D eigenvalue weighted by Gasteiger charge is 2.23. The van der Waals surface area contributed by atoms with Gasteiger partial charge in [-0.05, 0) is 38.0 Å². The molecule has 0 bridgehead atoms. The number of amides is 1. The first kappa shape index (κ1) is 16.3. The van der Waals surface area contributed by atoms with Crippen molar-refractivity contribution in [1.29, 1.82) is 0 Å². The summed E-state index contributed by atoms with van der Waals surface area (Å²) in [6.45, 7) is 4.03. The Bertz CT molecular complexity index is 786. The van der Waals surface area contributed by atoms with Gasteiger partial charge in [-0.25, -0.2) is 4.98 Å². The lowest BCUT2D eigenvalue weighted by atomic mass is 10.1. The van der Waals surface area contributed by atoms with Gasteiger partial charge in [0.2, 0.25) is 5.91 Å². The number of imidazole rings is 1. The standard InChI is InChI=1S/C18H21N3O3S/c1-2-21-14(12-3-6-15-16(9-12)24-8-7-23-15)10-19-18(21)25-11-17(22)20-13-4-5-13/h3,6,9-10,13H,2,4-5,7-8,11H2,1H3,(H,20,22). The lowest BCUT2D eigenvalue weighted by Crippen LogP contribution is -2.27. The summed E-state index contributed by atoms with van der Waals surface area (Å²) < 4.78 is 13.4. The maximum Gasteiger partial charge on any atom is 0.230 e. The van der Waals surface area contributed by atoms with E-state index in [9.17, 15) is 4.79 Å². The minimum absolute atomic E-state index is 0.0824. The highest BCUT2D eigenvalue weighted by atomic mass is 32.2. The van der Waals surface area contributed by atoms with E-state index >= 15 is 0 Å². The van der Waals surface area contributed by atoms with Crippen molar-refractivity contribution >= 4 is 17.7 Å². The Balaban J connectivity index is 1.52. The highest BCUT2D eigenvalue weighted by Crippen LogP contribution is 2.35. The molecule has 25 heavy (non-hydrogen) atoms. The van der Waals surface area contributed by atoms with E-state index in [1.807, 2.05) is 24.4 Å². The zero-order valence-electron chi connectivity index (χ0n) is 14.2. The Morgan fingerprint density at radius 1 is 1.32 bits per heavy atom. The summed E-state index contributed by atoms with van der Waals surface area (Å²) in [4.78, 5) is 16.4. The van der Waals surface area contributed by atoms with Crippen molar-refractivity contribution in [2.45, 2.75) is 37.5 Å². The van der Waals surface area contributed by atoms with Crippen molar-refractivity contribution in [2.24, 2.45) is 0 Å². The molecular formula is C18H21N3O3S. The van der Waals surface area contributed by atoms with Gasteiger partial charge in [-0.15, -0.1) is 0 Å². The molecule has 132 valence electrons. The topological polar surface area (TPSA) is 65.4 Å². The van der Waals surface area contributed by atoms with E-state index in [4.69, 9.17) is 9.47 Å². The van der Waals surface area contributed by atoms with Crippen LogP contribution < -0.4 is 14.8 Å². The van der Waals surface area contributed by atoms with Gasteiger partial charge >= 0.3 is 0 Å². The molecule has 0 saturated heterocycles. The molecule has 0 spiro atoms. The molecule has 0 radical (unpaired) electrons. The Kier molecular flexibility index (Phi) is 4.57. The molecular weight excluding hydrogens is 338 g/mol. The first-order valence-electron chi connectivity index (χ1n) is 8.62. The van der Waals surface area contributed by atoms with Gasteiger partial charge in [-0.2, -0.15) is 0 Å². The number of rotatable bonds is 6. The second kappa shape index (κ2) is 7.00. The van der Waals surface area contributed by atoms with Gasteiger partial charge in [0.25, 0.3) is 0 Å². The third-order valence-corrected chi connectivity index (χ3v) is 5.24. The van der Waals surface area contributed by atoms with Gasteiger partial charge in [0.05, 0.1) is 17.6 Å². The normalized spacial score (nSPS) is 15.9. The van der Waals surface area contributed by atoms with Gasteiger partial charge in [0, 0.05) is 18.2 Å². The Hall–Kier alpha value is -2.15. The number of aromatic nitrogens is 2. The van der Waals surface area contributed by atoms with E-state index < -0.39 is 0 Å². The monoisotopic (exact) mass is 359 g/mol. The average molecular weight is 359 g/mol. The van der Waals surface area contributed by atoms with Crippen LogP contribution in [0.5, 0.6) is 11.5 Å². The molecule has 1 amide bonds. The van der Waals surface area contributed by atoms with Crippen LogP contribution in [0.4, 0.5) is 0 Å². The second-order valence-corrected chi connectivity index (χ2v) is 7.10. The fourth-order valence-corrected chi connectivity index (χ4v) is 3.69. The van der Waals surface area contributed by atoms with E-state index in [2.05, 4.69) is 21.8 Å². The van der Waals surface area contributed by atoms with Gasteiger partial charge in [0.1, 0.15) is 13.2 Å². The number of nitrogens with zero attached hydrogens (tertiary/aromatic N) is 2. The average Bonchev–Trinajstić information content (AvgIpc) is 3.35. The molecule has 4 rings (SSSR count). The third-order valence-electron chi connectivity index (χ3n) is 4.25. The Labute approximate surface area is 150 Å². The van der Waals surface area contributed by atoms with Crippen LogP contribution in [0.2, 0.25) is 0 Å². The lowest BCUT2D eigenvalue weighted by molar-refractivity contribution is -0.118. The number of fused-ring (bicyclic) bond motifs is 1.